The maximum absolute atomic E-state index is 13.6. The van der Waals surface area contributed by atoms with Crippen LogP contribution in [0.5, 0.6) is 0 Å². The number of carbonyl (C=O) groups is 2. The highest BCUT2D eigenvalue weighted by Crippen LogP contribution is 2.44. The number of thiophene rings is 1. The number of fused-ring (bicyclic) bond motifs is 1. The van der Waals surface area contributed by atoms with Crippen molar-refractivity contribution in [1.82, 2.24) is 0 Å². The fraction of sp³-hybridized carbons (Fsp3) is 0.520. The van der Waals surface area contributed by atoms with E-state index in [2.05, 4.69) is 5.32 Å². The van der Waals surface area contributed by atoms with Gasteiger partial charge >= 0.3 is 5.97 Å². The van der Waals surface area contributed by atoms with Crippen molar-refractivity contribution in [2.24, 2.45) is 5.92 Å². The molecule has 6 nitrogen and oxygen atoms in total. The Hall–Kier alpha value is -2.29. The van der Waals surface area contributed by atoms with E-state index >= 15 is 0 Å². The molecule has 1 saturated carbocycles. The highest BCUT2D eigenvalue weighted by molar-refractivity contribution is 7.16. The number of anilines is 1. The van der Waals surface area contributed by atoms with E-state index in [1.54, 1.807) is 12.1 Å². The third-order valence-electron chi connectivity index (χ3n) is 7.43. The number of ether oxygens (including phenoxy) is 1. The molecule has 4 rings (SSSR count). The van der Waals surface area contributed by atoms with E-state index in [-0.39, 0.29) is 30.2 Å². The van der Waals surface area contributed by atoms with Gasteiger partial charge in [-0.2, -0.15) is 0 Å². The molecule has 1 aromatic carbocycles. The number of methoxy groups -OCH3 is 1. The Morgan fingerprint density at radius 3 is 2.67 bits per heavy atom. The number of nitrogens with one attached hydrogen (secondary N) is 2. The van der Waals surface area contributed by atoms with Gasteiger partial charge in [-0.05, 0) is 44.4 Å². The van der Waals surface area contributed by atoms with Crippen molar-refractivity contribution in [3.8, 4) is 0 Å². The number of halogens is 1. The van der Waals surface area contributed by atoms with Crippen LogP contribution < -0.4 is 10.2 Å². The maximum Gasteiger partial charge on any atom is 0.341 e. The fourth-order valence-corrected chi connectivity index (χ4v) is 6.69. The Morgan fingerprint density at radius 1 is 1.24 bits per heavy atom. The molecule has 0 bridgehead atoms. The van der Waals surface area contributed by atoms with Gasteiger partial charge in [-0.25, -0.2) is 9.18 Å². The minimum Gasteiger partial charge on any atom is -0.465 e. The van der Waals surface area contributed by atoms with Gasteiger partial charge in [-0.3, -0.25) is 4.79 Å². The number of aryl methyl sites for hydroxylation is 1. The molecule has 2 heterocycles. The molecule has 1 unspecified atom stereocenters. The van der Waals surface area contributed by atoms with Gasteiger partial charge in [0.1, 0.15) is 16.9 Å². The summed E-state index contributed by atoms with van der Waals surface area (Å²) < 4.78 is 18.5. The molecule has 1 aliphatic carbocycles. The zero-order valence-electron chi connectivity index (χ0n) is 19.4. The summed E-state index contributed by atoms with van der Waals surface area (Å²) in [6, 6.07) is 6.36. The van der Waals surface area contributed by atoms with E-state index in [9.17, 15) is 19.1 Å². The SMILES string of the molecule is COC(=O)c1c(NC(=O)C[NH+]2CC[C@@]3(O)CCCC[C@@H]3[C@@H]2c2ccc(F)cc2)sc(C)c1C. The van der Waals surface area contributed by atoms with Crippen molar-refractivity contribution < 1.29 is 28.7 Å². The van der Waals surface area contributed by atoms with Crippen LogP contribution in [0, 0.1) is 25.6 Å². The van der Waals surface area contributed by atoms with Gasteiger partial charge in [0.2, 0.25) is 0 Å². The van der Waals surface area contributed by atoms with E-state index < -0.39 is 11.6 Å². The Bertz CT molecular complexity index is 1040. The Balaban J connectivity index is 1.58. The number of esters is 1. The molecular weight excluding hydrogens is 443 g/mol. The van der Waals surface area contributed by atoms with Crippen LogP contribution in [-0.2, 0) is 9.53 Å². The van der Waals surface area contributed by atoms with Crippen molar-refractivity contribution in [2.45, 2.75) is 57.6 Å². The monoisotopic (exact) mass is 475 g/mol. The Kier molecular flexibility index (Phi) is 6.88. The number of hydrogen-bond acceptors (Lipinski definition) is 5. The predicted octanol–water partition coefficient (Wildman–Crippen LogP) is 3.18. The minimum atomic E-state index is -0.739. The van der Waals surface area contributed by atoms with Gasteiger partial charge in [0.25, 0.3) is 5.91 Å². The summed E-state index contributed by atoms with van der Waals surface area (Å²) >= 11 is 1.37. The highest BCUT2D eigenvalue weighted by atomic mass is 32.1. The number of carbonyl (C=O) groups excluding carboxylic acids is 2. The summed E-state index contributed by atoms with van der Waals surface area (Å²) in [6.45, 7) is 4.60. The smallest absolute Gasteiger partial charge is 0.341 e. The number of rotatable bonds is 5. The highest BCUT2D eigenvalue weighted by Gasteiger charge is 2.51. The molecular formula is C25H32FN2O4S+. The standard InChI is InChI=1S/C25H31FN2O4S/c1-15-16(2)33-23(21(15)24(30)32-3)27-20(29)14-28-13-12-25(31)11-5-4-6-19(25)22(28)17-7-9-18(26)10-8-17/h7-10,19,22,31H,4-6,11-14H2,1-3H3,(H,27,29)/p+1/t19-,22+,25+/m1/s1. The number of likely N-dealkylation sites (tertiary alicyclic amines) is 1. The average molecular weight is 476 g/mol. The van der Waals surface area contributed by atoms with Gasteiger partial charge < -0.3 is 20.1 Å². The van der Waals surface area contributed by atoms with Crippen LogP contribution in [0.1, 0.15) is 64.5 Å². The van der Waals surface area contributed by atoms with Crippen molar-refractivity contribution in [1.29, 1.82) is 0 Å². The summed E-state index contributed by atoms with van der Waals surface area (Å²) in [5.74, 6) is -0.935. The first-order valence-corrected chi connectivity index (χ1v) is 12.4. The molecule has 0 spiro atoms. The zero-order chi connectivity index (χ0) is 23.8. The van der Waals surface area contributed by atoms with Gasteiger partial charge in [-0.15, -0.1) is 11.3 Å². The van der Waals surface area contributed by atoms with Crippen molar-refractivity contribution in [2.75, 3.05) is 25.5 Å². The minimum absolute atomic E-state index is 0.0186. The number of quaternary nitrogens is 1. The van der Waals surface area contributed by atoms with Gasteiger partial charge in [-0.1, -0.05) is 25.0 Å². The molecule has 4 atom stereocenters. The quantitative estimate of drug-likeness (QED) is 0.581. The lowest BCUT2D eigenvalue weighted by Crippen LogP contribution is -3.16. The van der Waals surface area contributed by atoms with Gasteiger partial charge in [0, 0.05) is 22.8 Å². The summed E-state index contributed by atoms with van der Waals surface area (Å²) in [4.78, 5) is 27.4. The molecule has 1 saturated heterocycles. The summed E-state index contributed by atoms with van der Waals surface area (Å²) in [5, 5.41) is 14.8. The van der Waals surface area contributed by atoms with Crippen LogP contribution in [0.25, 0.3) is 0 Å². The van der Waals surface area contributed by atoms with Crippen molar-refractivity contribution in [3.05, 3.63) is 51.7 Å². The van der Waals surface area contributed by atoms with E-state index in [4.69, 9.17) is 4.74 Å². The second-order valence-electron chi connectivity index (χ2n) is 9.35. The van der Waals surface area contributed by atoms with E-state index in [1.165, 1.54) is 30.6 Å². The summed E-state index contributed by atoms with van der Waals surface area (Å²) in [7, 11) is 1.33. The Labute approximate surface area is 197 Å². The lowest BCUT2D eigenvalue weighted by atomic mass is 9.66. The first-order valence-electron chi connectivity index (χ1n) is 11.5. The number of benzene rings is 1. The van der Waals surface area contributed by atoms with E-state index in [0.29, 0.717) is 23.5 Å². The molecule has 1 amide bonds. The normalized spacial score (nSPS) is 27.0. The van der Waals surface area contributed by atoms with E-state index in [1.807, 2.05) is 13.8 Å². The second-order valence-corrected chi connectivity index (χ2v) is 10.6. The second kappa shape index (κ2) is 9.52. The molecule has 2 fully saturated rings. The number of hydrogen-bond donors (Lipinski definition) is 3. The topological polar surface area (TPSA) is 80.1 Å². The molecule has 2 aromatic rings. The number of amides is 1. The Morgan fingerprint density at radius 2 is 1.97 bits per heavy atom. The van der Waals surface area contributed by atoms with Gasteiger partial charge in [0.05, 0.1) is 24.8 Å². The third kappa shape index (κ3) is 4.69. The third-order valence-corrected chi connectivity index (χ3v) is 8.55. The first-order chi connectivity index (χ1) is 15.7. The van der Waals surface area contributed by atoms with Crippen LogP contribution in [0.2, 0.25) is 0 Å². The van der Waals surface area contributed by atoms with Crippen molar-refractivity contribution >= 4 is 28.2 Å². The molecule has 3 N–H and O–H groups in total. The molecule has 2 aliphatic rings. The largest absolute Gasteiger partial charge is 0.465 e. The first kappa shape index (κ1) is 23.9. The summed E-state index contributed by atoms with van der Waals surface area (Å²) in [5.41, 5.74) is 1.42. The number of piperidine rings is 1. The van der Waals surface area contributed by atoms with Gasteiger partial charge in [0.15, 0.2) is 6.54 Å². The lowest BCUT2D eigenvalue weighted by molar-refractivity contribution is -0.937. The zero-order valence-corrected chi connectivity index (χ0v) is 20.2. The predicted molar refractivity (Wildman–Crippen MR) is 125 cm³/mol. The molecule has 1 aromatic heterocycles. The van der Waals surface area contributed by atoms with Crippen LogP contribution in [0.4, 0.5) is 9.39 Å². The average Bonchev–Trinajstić information content (AvgIpc) is 3.06. The molecule has 8 heteroatoms. The molecule has 33 heavy (non-hydrogen) atoms. The fourth-order valence-electron chi connectivity index (χ4n) is 5.63. The number of aliphatic hydroxyl groups is 1. The van der Waals surface area contributed by atoms with E-state index in [0.717, 1.165) is 46.6 Å². The lowest BCUT2D eigenvalue weighted by Gasteiger charge is -2.50. The van der Waals surface area contributed by atoms with Crippen LogP contribution in [0.3, 0.4) is 0 Å². The van der Waals surface area contributed by atoms with Crippen LogP contribution in [-0.4, -0.2) is 42.8 Å². The molecule has 1 aliphatic heterocycles. The van der Waals surface area contributed by atoms with Crippen molar-refractivity contribution in [3.63, 3.8) is 0 Å². The summed E-state index contributed by atoms with van der Waals surface area (Å²) in [6.07, 6.45) is 4.35. The molecule has 178 valence electrons. The van der Waals surface area contributed by atoms with Crippen LogP contribution in [0.15, 0.2) is 24.3 Å². The molecule has 0 radical (unpaired) electrons. The maximum atomic E-state index is 13.6. The van der Waals surface area contributed by atoms with Crippen LogP contribution >= 0.6 is 11.3 Å².